The van der Waals surface area contributed by atoms with Gasteiger partial charge in [-0.25, -0.2) is 4.39 Å². The van der Waals surface area contributed by atoms with Crippen LogP contribution >= 0.6 is 35.0 Å². The van der Waals surface area contributed by atoms with Crippen LogP contribution in [-0.4, -0.2) is 23.3 Å². The van der Waals surface area contributed by atoms with Crippen LogP contribution in [0.4, 0.5) is 10.1 Å². The molecule has 0 bridgehead atoms. The lowest BCUT2D eigenvalue weighted by Gasteiger charge is -2.17. The molecule has 0 spiro atoms. The third-order valence-corrected chi connectivity index (χ3v) is 4.60. The molecule has 0 aliphatic carbocycles. The first-order chi connectivity index (χ1) is 9.38. The van der Waals surface area contributed by atoms with Crippen molar-refractivity contribution in [3.8, 4) is 0 Å². The van der Waals surface area contributed by atoms with Gasteiger partial charge in [-0.2, -0.15) is 0 Å². The predicted molar refractivity (Wildman–Crippen MR) is 80.0 cm³/mol. The first-order valence-electron chi connectivity index (χ1n) is 5.96. The standard InChI is InChI=1S/C13H12Cl2FNO2S/c1-7(18)20-6-8-2-12(19)17(5-8)9-3-10(14)13(16)11(15)4-9/h3-4,8H,2,5-6H2,1H3. The van der Waals surface area contributed by atoms with Crippen molar-refractivity contribution in [1.29, 1.82) is 0 Å². The highest BCUT2D eigenvalue weighted by molar-refractivity contribution is 8.13. The van der Waals surface area contributed by atoms with Gasteiger partial charge in [0.25, 0.3) is 0 Å². The third-order valence-electron chi connectivity index (χ3n) is 3.01. The Morgan fingerprint density at radius 2 is 2.05 bits per heavy atom. The molecule has 1 fully saturated rings. The number of nitrogens with zero attached hydrogens (tertiary/aromatic N) is 1. The second kappa shape index (κ2) is 6.33. The normalized spacial score (nSPS) is 18.7. The Kier molecular flexibility index (Phi) is 4.94. The summed E-state index contributed by atoms with van der Waals surface area (Å²) in [5.41, 5.74) is 0.488. The topological polar surface area (TPSA) is 37.4 Å². The molecule has 1 amide bonds. The van der Waals surface area contributed by atoms with Crippen LogP contribution in [0.15, 0.2) is 12.1 Å². The molecule has 2 rings (SSSR count). The summed E-state index contributed by atoms with van der Waals surface area (Å²) in [7, 11) is 0. The van der Waals surface area contributed by atoms with Gasteiger partial charge in [-0.3, -0.25) is 9.59 Å². The number of benzene rings is 1. The first-order valence-corrected chi connectivity index (χ1v) is 7.71. The van der Waals surface area contributed by atoms with Crippen molar-refractivity contribution in [2.24, 2.45) is 5.92 Å². The summed E-state index contributed by atoms with van der Waals surface area (Å²) >= 11 is 12.7. The zero-order chi connectivity index (χ0) is 14.9. The minimum Gasteiger partial charge on any atom is -0.312 e. The van der Waals surface area contributed by atoms with Crippen molar-refractivity contribution < 1.29 is 14.0 Å². The fourth-order valence-corrected chi connectivity index (χ4v) is 3.25. The average Bonchev–Trinajstić information content (AvgIpc) is 2.74. The lowest BCUT2D eigenvalue weighted by molar-refractivity contribution is -0.117. The van der Waals surface area contributed by atoms with Gasteiger partial charge >= 0.3 is 0 Å². The summed E-state index contributed by atoms with van der Waals surface area (Å²) in [5, 5.41) is -0.188. The summed E-state index contributed by atoms with van der Waals surface area (Å²) in [4.78, 5) is 24.5. The van der Waals surface area contributed by atoms with Gasteiger partial charge in [-0.1, -0.05) is 35.0 Å². The van der Waals surface area contributed by atoms with Gasteiger partial charge in [0.2, 0.25) is 5.91 Å². The predicted octanol–water partition coefficient (Wildman–Crippen LogP) is 3.77. The van der Waals surface area contributed by atoms with E-state index in [4.69, 9.17) is 23.2 Å². The van der Waals surface area contributed by atoms with E-state index in [0.29, 0.717) is 24.4 Å². The average molecular weight is 336 g/mol. The molecule has 1 heterocycles. The number of carbonyl (C=O) groups excluding carboxylic acids is 2. The van der Waals surface area contributed by atoms with E-state index in [1.54, 1.807) is 0 Å². The molecule has 1 aromatic rings. The Morgan fingerprint density at radius 1 is 1.45 bits per heavy atom. The molecule has 0 N–H and O–H groups in total. The van der Waals surface area contributed by atoms with E-state index in [0.717, 1.165) is 0 Å². The van der Waals surface area contributed by atoms with E-state index in [2.05, 4.69) is 0 Å². The van der Waals surface area contributed by atoms with Crippen molar-refractivity contribution >= 4 is 51.7 Å². The zero-order valence-corrected chi connectivity index (χ0v) is 13.0. The summed E-state index contributed by atoms with van der Waals surface area (Å²) in [5.74, 6) is -0.0652. The van der Waals surface area contributed by atoms with E-state index in [1.165, 1.54) is 35.7 Å². The number of anilines is 1. The van der Waals surface area contributed by atoms with Gasteiger partial charge in [0.15, 0.2) is 10.9 Å². The molecule has 0 saturated carbocycles. The maximum Gasteiger partial charge on any atom is 0.227 e. The van der Waals surface area contributed by atoms with Gasteiger partial charge in [-0.15, -0.1) is 0 Å². The van der Waals surface area contributed by atoms with Gasteiger partial charge in [0.1, 0.15) is 0 Å². The first kappa shape index (κ1) is 15.6. The molecular weight excluding hydrogens is 324 g/mol. The largest absolute Gasteiger partial charge is 0.312 e. The number of halogens is 3. The lowest BCUT2D eigenvalue weighted by Crippen LogP contribution is -2.24. The van der Waals surface area contributed by atoms with Crippen LogP contribution in [0.2, 0.25) is 10.0 Å². The maximum atomic E-state index is 13.4. The Hall–Kier alpha value is -0.780. The number of hydrogen-bond acceptors (Lipinski definition) is 3. The van der Waals surface area contributed by atoms with E-state index >= 15 is 0 Å². The molecule has 20 heavy (non-hydrogen) atoms. The minimum absolute atomic E-state index is 0.0313. The number of hydrogen-bond donors (Lipinski definition) is 0. The van der Waals surface area contributed by atoms with Gasteiger partial charge in [0, 0.05) is 31.3 Å². The molecule has 3 nitrogen and oxygen atoms in total. The van der Waals surface area contributed by atoms with Crippen molar-refractivity contribution in [3.05, 3.63) is 28.0 Å². The molecule has 1 saturated heterocycles. The van der Waals surface area contributed by atoms with Crippen LogP contribution in [0.3, 0.4) is 0 Å². The molecule has 0 aromatic heterocycles. The second-order valence-corrected chi connectivity index (χ2v) is 6.61. The Morgan fingerprint density at radius 3 is 2.60 bits per heavy atom. The molecule has 7 heteroatoms. The van der Waals surface area contributed by atoms with E-state index < -0.39 is 5.82 Å². The lowest BCUT2D eigenvalue weighted by atomic mass is 10.1. The number of carbonyl (C=O) groups is 2. The molecule has 1 aliphatic rings. The molecule has 1 aromatic carbocycles. The molecule has 0 radical (unpaired) electrons. The summed E-state index contributed by atoms with van der Waals surface area (Å²) in [6.07, 6.45) is 0.368. The zero-order valence-electron chi connectivity index (χ0n) is 10.7. The Labute approximate surface area is 130 Å². The minimum atomic E-state index is -0.688. The molecule has 1 aliphatic heterocycles. The molecule has 1 unspecified atom stereocenters. The SMILES string of the molecule is CC(=O)SCC1CC(=O)N(c2cc(Cl)c(F)c(Cl)c2)C1. The number of rotatable bonds is 3. The van der Waals surface area contributed by atoms with E-state index in [9.17, 15) is 14.0 Å². The van der Waals surface area contributed by atoms with Crippen LogP contribution < -0.4 is 4.90 Å². The highest BCUT2D eigenvalue weighted by Gasteiger charge is 2.31. The highest BCUT2D eigenvalue weighted by Crippen LogP contribution is 2.33. The summed E-state index contributed by atoms with van der Waals surface area (Å²) in [6.45, 7) is 1.98. The highest BCUT2D eigenvalue weighted by atomic mass is 35.5. The van der Waals surface area contributed by atoms with Gasteiger partial charge in [0.05, 0.1) is 10.0 Å². The van der Waals surface area contributed by atoms with Crippen molar-refractivity contribution in [2.45, 2.75) is 13.3 Å². The fourth-order valence-electron chi connectivity index (χ4n) is 2.08. The van der Waals surface area contributed by atoms with E-state index in [1.807, 2.05) is 0 Å². The van der Waals surface area contributed by atoms with Gasteiger partial charge < -0.3 is 4.90 Å². The quantitative estimate of drug-likeness (QED) is 0.789. The smallest absolute Gasteiger partial charge is 0.227 e. The molecule has 1 atom stereocenters. The maximum absolute atomic E-state index is 13.4. The van der Waals surface area contributed by atoms with Crippen LogP contribution in [0.5, 0.6) is 0 Å². The van der Waals surface area contributed by atoms with Crippen LogP contribution in [0, 0.1) is 11.7 Å². The summed E-state index contributed by atoms with van der Waals surface area (Å²) < 4.78 is 13.4. The van der Waals surface area contributed by atoms with Crippen LogP contribution in [0.25, 0.3) is 0 Å². The summed E-state index contributed by atoms with van der Waals surface area (Å²) in [6, 6.07) is 2.78. The third kappa shape index (κ3) is 3.45. The Balaban J connectivity index is 2.14. The van der Waals surface area contributed by atoms with Crippen molar-refractivity contribution in [1.82, 2.24) is 0 Å². The number of amides is 1. The number of thioether (sulfide) groups is 1. The van der Waals surface area contributed by atoms with Crippen LogP contribution in [-0.2, 0) is 9.59 Å². The fraction of sp³-hybridized carbons (Fsp3) is 0.385. The monoisotopic (exact) mass is 335 g/mol. The van der Waals surface area contributed by atoms with Crippen molar-refractivity contribution in [2.75, 3.05) is 17.2 Å². The van der Waals surface area contributed by atoms with Crippen molar-refractivity contribution in [3.63, 3.8) is 0 Å². The van der Waals surface area contributed by atoms with E-state index in [-0.39, 0.29) is 27.0 Å². The Bertz CT molecular complexity index is 544. The van der Waals surface area contributed by atoms with Crippen LogP contribution in [0.1, 0.15) is 13.3 Å². The molecule has 108 valence electrons. The molecular formula is C13H12Cl2FNO2S. The second-order valence-electron chi connectivity index (χ2n) is 4.60. The van der Waals surface area contributed by atoms with Gasteiger partial charge in [-0.05, 0) is 18.1 Å².